The zero-order valence-corrected chi connectivity index (χ0v) is 10.1. The molecule has 0 aliphatic heterocycles. The molecule has 0 radical (unpaired) electrons. The van der Waals surface area contributed by atoms with Crippen LogP contribution in [0.4, 0.5) is 0 Å². The molecule has 1 saturated carbocycles. The van der Waals surface area contributed by atoms with Gasteiger partial charge >= 0.3 is 0 Å². The second-order valence-corrected chi connectivity index (χ2v) is 4.75. The van der Waals surface area contributed by atoms with E-state index in [2.05, 4.69) is 17.0 Å². The highest BCUT2D eigenvalue weighted by molar-refractivity contribution is 5.14. The second-order valence-electron chi connectivity index (χ2n) is 4.75. The summed E-state index contributed by atoms with van der Waals surface area (Å²) in [6.07, 6.45) is 2.78. The third kappa shape index (κ3) is 3.28. The summed E-state index contributed by atoms with van der Waals surface area (Å²) in [6.45, 7) is 1.59. The van der Waals surface area contributed by atoms with Gasteiger partial charge in [-0.25, -0.2) is 0 Å². The summed E-state index contributed by atoms with van der Waals surface area (Å²) in [5, 5.41) is 19.1. The minimum absolute atomic E-state index is 0.149. The number of aliphatic hydroxyl groups excluding tert-OH is 2. The van der Waals surface area contributed by atoms with Crippen molar-refractivity contribution in [2.24, 2.45) is 0 Å². The topological polar surface area (TPSA) is 43.7 Å². The van der Waals surface area contributed by atoms with Crippen molar-refractivity contribution >= 4 is 0 Å². The number of nitrogens with zero attached hydrogens (tertiary/aromatic N) is 1. The molecule has 1 aromatic carbocycles. The third-order valence-corrected chi connectivity index (χ3v) is 3.53. The Hall–Kier alpha value is -0.900. The van der Waals surface area contributed by atoms with Crippen molar-refractivity contribution in [1.29, 1.82) is 0 Å². The van der Waals surface area contributed by atoms with E-state index >= 15 is 0 Å². The molecule has 3 nitrogen and oxygen atoms in total. The highest BCUT2D eigenvalue weighted by Gasteiger charge is 2.30. The molecule has 0 saturated heterocycles. The van der Waals surface area contributed by atoms with E-state index < -0.39 is 0 Å². The van der Waals surface area contributed by atoms with Crippen LogP contribution >= 0.6 is 0 Å². The van der Waals surface area contributed by atoms with Crippen LogP contribution in [0.1, 0.15) is 24.8 Å². The Bertz CT molecular complexity index is 328. The van der Waals surface area contributed by atoms with Crippen molar-refractivity contribution in [2.75, 3.05) is 13.2 Å². The van der Waals surface area contributed by atoms with Gasteiger partial charge in [0.2, 0.25) is 0 Å². The van der Waals surface area contributed by atoms with Crippen LogP contribution in [-0.2, 0) is 6.54 Å². The lowest BCUT2D eigenvalue weighted by atomic mass is 10.1. The summed E-state index contributed by atoms with van der Waals surface area (Å²) in [6, 6.07) is 10.4. The number of benzene rings is 1. The first kappa shape index (κ1) is 12.6. The number of aliphatic hydroxyl groups is 2. The first-order chi connectivity index (χ1) is 8.31. The molecule has 0 bridgehead atoms. The van der Waals surface area contributed by atoms with Crippen LogP contribution in [-0.4, -0.2) is 40.4 Å². The van der Waals surface area contributed by atoms with Gasteiger partial charge in [-0.1, -0.05) is 30.3 Å². The van der Waals surface area contributed by atoms with Gasteiger partial charge in [0.1, 0.15) is 0 Å². The summed E-state index contributed by atoms with van der Waals surface area (Å²) in [4.78, 5) is 2.20. The Kier molecular flexibility index (Phi) is 4.54. The van der Waals surface area contributed by atoms with Crippen LogP contribution in [0.2, 0.25) is 0 Å². The van der Waals surface area contributed by atoms with E-state index in [-0.39, 0.29) is 18.8 Å². The highest BCUT2D eigenvalue weighted by atomic mass is 16.3. The summed E-state index contributed by atoms with van der Waals surface area (Å²) < 4.78 is 0. The van der Waals surface area contributed by atoms with Crippen molar-refractivity contribution < 1.29 is 10.2 Å². The molecule has 2 unspecified atom stereocenters. The molecular formula is C14H21NO2. The number of rotatable bonds is 5. The summed E-state index contributed by atoms with van der Waals surface area (Å²) in [5.41, 5.74) is 1.24. The van der Waals surface area contributed by atoms with Gasteiger partial charge in [-0.2, -0.15) is 0 Å². The molecule has 3 heteroatoms. The summed E-state index contributed by atoms with van der Waals surface area (Å²) in [5.74, 6) is 0. The van der Waals surface area contributed by atoms with E-state index in [1.54, 1.807) is 0 Å². The number of hydrogen-bond acceptors (Lipinski definition) is 3. The Balaban J connectivity index is 2.02. The molecule has 1 aromatic rings. The van der Waals surface area contributed by atoms with Crippen molar-refractivity contribution in [3.05, 3.63) is 35.9 Å². The minimum atomic E-state index is -0.231. The molecule has 0 amide bonds. The van der Waals surface area contributed by atoms with Crippen LogP contribution < -0.4 is 0 Å². The van der Waals surface area contributed by atoms with E-state index in [1.165, 1.54) is 5.56 Å². The lowest BCUT2D eigenvalue weighted by Crippen LogP contribution is -2.41. The molecule has 0 aromatic heterocycles. The van der Waals surface area contributed by atoms with E-state index in [9.17, 15) is 5.11 Å². The molecule has 0 spiro atoms. The molecule has 0 heterocycles. The Morgan fingerprint density at radius 3 is 2.53 bits per heavy atom. The quantitative estimate of drug-likeness (QED) is 0.810. The molecule has 1 fully saturated rings. The third-order valence-electron chi connectivity index (χ3n) is 3.53. The Morgan fingerprint density at radius 1 is 1.18 bits per heavy atom. The fourth-order valence-electron chi connectivity index (χ4n) is 2.66. The van der Waals surface area contributed by atoms with Crippen molar-refractivity contribution in [2.45, 2.75) is 38.0 Å². The summed E-state index contributed by atoms with van der Waals surface area (Å²) in [7, 11) is 0. The van der Waals surface area contributed by atoms with E-state index in [1.807, 2.05) is 18.2 Å². The standard InChI is InChI=1S/C14H21NO2/c16-10-9-15(13-7-4-8-14(13)17)11-12-5-2-1-3-6-12/h1-3,5-6,13-14,16-17H,4,7-11H2. The maximum absolute atomic E-state index is 9.94. The Morgan fingerprint density at radius 2 is 1.94 bits per heavy atom. The molecule has 2 N–H and O–H groups in total. The Labute approximate surface area is 103 Å². The fourth-order valence-corrected chi connectivity index (χ4v) is 2.66. The molecule has 1 aliphatic carbocycles. The predicted octanol–water partition coefficient (Wildman–Crippen LogP) is 1.39. The van der Waals surface area contributed by atoms with E-state index in [0.29, 0.717) is 6.54 Å². The highest BCUT2D eigenvalue weighted by Crippen LogP contribution is 2.25. The van der Waals surface area contributed by atoms with Gasteiger partial charge in [-0.3, -0.25) is 4.90 Å². The van der Waals surface area contributed by atoms with Crippen LogP contribution in [0, 0.1) is 0 Å². The first-order valence-electron chi connectivity index (χ1n) is 6.38. The second kappa shape index (κ2) is 6.15. The van der Waals surface area contributed by atoms with Crippen molar-refractivity contribution in [1.82, 2.24) is 4.90 Å². The van der Waals surface area contributed by atoms with Crippen molar-refractivity contribution in [3.63, 3.8) is 0 Å². The number of hydrogen-bond donors (Lipinski definition) is 2. The van der Waals surface area contributed by atoms with Gasteiger partial charge in [0.25, 0.3) is 0 Å². The van der Waals surface area contributed by atoms with Gasteiger partial charge in [0.15, 0.2) is 0 Å². The normalized spacial score (nSPS) is 24.4. The van der Waals surface area contributed by atoms with Crippen LogP contribution in [0.25, 0.3) is 0 Å². The largest absolute Gasteiger partial charge is 0.395 e. The average molecular weight is 235 g/mol. The molecule has 2 rings (SSSR count). The van der Waals surface area contributed by atoms with E-state index in [0.717, 1.165) is 25.8 Å². The van der Waals surface area contributed by atoms with Gasteiger partial charge in [0, 0.05) is 19.1 Å². The molecule has 1 aliphatic rings. The first-order valence-corrected chi connectivity index (χ1v) is 6.38. The zero-order valence-electron chi connectivity index (χ0n) is 10.1. The lowest BCUT2D eigenvalue weighted by Gasteiger charge is -2.30. The van der Waals surface area contributed by atoms with Gasteiger partial charge in [0.05, 0.1) is 12.7 Å². The molecule has 17 heavy (non-hydrogen) atoms. The zero-order chi connectivity index (χ0) is 12.1. The predicted molar refractivity (Wildman–Crippen MR) is 67.6 cm³/mol. The molecular weight excluding hydrogens is 214 g/mol. The van der Waals surface area contributed by atoms with E-state index in [4.69, 9.17) is 5.11 Å². The lowest BCUT2D eigenvalue weighted by molar-refractivity contribution is 0.0546. The van der Waals surface area contributed by atoms with Crippen LogP contribution in [0.15, 0.2) is 30.3 Å². The van der Waals surface area contributed by atoms with Crippen LogP contribution in [0.3, 0.4) is 0 Å². The fraction of sp³-hybridized carbons (Fsp3) is 0.571. The van der Waals surface area contributed by atoms with Gasteiger partial charge in [-0.15, -0.1) is 0 Å². The minimum Gasteiger partial charge on any atom is -0.395 e. The molecule has 2 atom stereocenters. The smallest absolute Gasteiger partial charge is 0.0695 e. The van der Waals surface area contributed by atoms with Gasteiger partial charge < -0.3 is 10.2 Å². The SMILES string of the molecule is OCCN(Cc1ccccc1)C1CCCC1O. The van der Waals surface area contributed by atoms with Gasteiger partial charge in [-0.05, 0) is 24.8 Å². The maximum Gasteiger partial charge on any atom is 0.0695 e. The van der Waals surface area contributed by atoms with Crippen LogP contribution in [0.5, 0.6) is 0 Å². The van der Waals surface area contributed by atoms with Crippen molar-refractivity contribution in [3.8, 4) is 0 Å². The maximum atomic E-state index is 9.94. The molecule has 94 valence electrons. The monoisotopic (exact) mass is 235 g/mol. The average Bonchev–Trinajstić information content (AvgIpc) is 2.76. The summed E-state index contributed by atoms with van der Waals surface area (Å²) >= 11 is 0.